The van der Waals surface area contributed by atoms with Gasteiger partial charge in [-0.1, -0.05) is 33.5 Å². The van der Waals surface area contributed by atoms with E-state index in [-0.39, 0.29) is 15.5 Å². The molecular weight excluding hydrogens is 480 g/mol. The van der Waals surface area contributed by atoms with Crippen LogP contribution in [0.5, 0.6) is 0 Å². The highest BCUT2D eigenvalue weighted by Crippen LogP contribution is 2.31. The third-order valence-electron chi connectivity index (χ3n) is 3.65. The number of nitrogens with one attached hydrogen (secondary N) is 3. The highest BCUT2D eigenvalue weighted by Gasteiger charge is 2.46. The van der Waals surface area contributed by atoms with Gasteiger partial charge in [0.2, 0.25) is 0 Å². The lowest BCUT2D eigenvalue weighted by Gasteiger charge is -2.26. The van der Waals surface area contributed by atoms with Crippen molar-refractivity contribution in [3.8, 4) is 0 Å². The zero-order valence-electron chi connectivity index (χ0n) is 14.5. The van der Waals surface area contributed by atoms with Gasteiger partial charge in [-0.3, -0.25) is 10.1 Å². The maximum absolute atomic E-state index is 12.9. The number of anilines is 1. The summed E-state index contributed by atoms with van der Waals surface area (Å²) in [5, 5.41) is 3.83. The molecule has 3 rings (SSSR count). The molecule has 2 aromatic carbocycles. The number of sulfonamides is 1. The molecule has 1 saturated heterocycles. The van der Waals surface area contributed by atoms with Crippen molar-refractivity contribution >= 4 is 68.1 Å². The van der Waals surface area contributed by atoms with Crippen molar-refractivity contribution in [1.82, 2.24) is 13.7 Å². The van der Waals surface area contributed by atoms with Crippen LogP contribution in [0.3, 0.4) is 0 Å². The molecule has 30 heavy (non-hydrogen) atoms. The number of halogens is 1. The first-order valence-electron chi connectivity index (χ1n) is 7.75. The van der Waals surface area contributed by atoms with Crippen molar-refractivity contribution in [1.29, 1.82) is 0 Å². The van der Waals surface area contributed by atoms with Gasteiger partial charge in [0, 0.05) is 10.6 Å². The average Bonchev–Trinajstić information content (AvgIpc) is 2.60. The minimum Gasteiger partial charge on any atom is -0.322 e. The van der Waals surface area contributed by atoms with E-state index in [1.54, 1.807) is 30.3 Å². The van der Waals surface area contributed by atoms with Gasteiger partial charge in [-0.25, -0.2) is 14.3 Å². The zero-order chi connectivity index (χ0) is 22.3. The number of urea groups is 2. The summed E-state index contributed by atoms with van der Waals surface area (Å²) in [7, 11) is -10.2. The van der Waals surface area contributed by atoms with Crippen molar-refractivity contribution in [3.05, 3.63) is 53.1 Å². The van der Waals surface area contributed by atoms with Gasteiger partial charge in [0.25, 0.3) is 15.9 Å². The van der Waals surface area contributed by atoms with Gasteiger partial charge >= 0.3 is 22.3 Å². The van der Waals surface area contributed by atoms with Crippen LogP contribution in [0.1, 0.15) is 10.4 Å². The Morgan fingerprint density at radius 1 is 1.13 bits per heavy atom. The molecule has 0 saturated carbocycles. The van der Waals surface area contributed by atoms with Crippen LogP contribution in [-0.2, 0) is 20.2 Å². The smallest absolute Gasteiger partial charge is 0.322 e. The van der Waals surface area contributed by atoms with Gasteiger partial charge in [-0.15, -0.1) is 12.6 Å². The van der Waals surface area contributed by atoms with Gasteiger partial charge in [0.05, 0.1) is 10.6 Å². The molecule has 15 heteroatoms. The average molecular weight is 491 g/mol. The molecule has 0 aromatic heterocycles. The standard InChI is InChI=1S/C15H11ClN4O7S3/c16-10-7-11(28)12(6-9(10)13(21)17-8-4-2-1-3-5-8)29(24,25)20-15(23)18-14(22)19-30(20,26)27/h1-7,28H,(H,17,21)(H2,18,19,22,23). The van der Waals surface area contributed by atoms with E-state index in [9.17, 15) is 31.2 Å². The molecule has 1 aliphatic rings. The minimum atomic E-state index is -5.12. The SMILES string of the molecule is O=C1NC(=O)N(S(=O)(=O)c2cc(C(=O)Nc3ccccc3)c(Cl)cc2S)S(=O)(=O)N1. The highest BCUT2D eigenvalue weighted by atomic mass is 35.5. The maximum Gasteiger partial charge on any atom is 0.355 e. The number of hydrogen-bond acceptors (Lipinski definition) is 8. The van der Waals surface area contributed by atoms with E-state index >= 15 is 0 Å². The van der Waals surface area contributed by atoms with E-state index in [4.69, 9.17) is 11.6 Å². The lowest BCUT2D eigenvalue weighted by atomic mass is 10.2. The minimum absolute atomic E-state index is 0.174. The fourth-order valence-electron chi connectivity index (χ4n) is 2.41. The maximum atomic E-state index is 12.9. The topological polar surface area (TPSA) is 159 Å². The van der Waals surface area contributed by atoms with Crippen molar-refractivity contribution in [2.45, 2.75) is 9.79 Å². The third kappa shape index (κ3) is 4.07. The molecule has 1 aliphatic heterocycles. The second-order valence-electron chi connectivity index (χ2n) is 5.69. The van der Waals surface area contributed by atoms with Crippen LogP contribution >= 0.6 is 24.2 Å². The molecule has 2 aromatic rings. The van der Waals surface area contributed by atoms with Gasteiger partial charge in [0.15, 0.2) is 0 Å². The van der Waals surface area contributed by atoms with Crippen LogP contribution in [0.25, 0.3) is 0 Å². The second-order valence-corrected chi connectivity index (χ2v) is 10.1. The molecule has 0 unspecified atom stereocenters. The Bertz CT molecular complexity index is 1280. The number of thiol groups is 1. The van der Waals surface area contributed by atoms with Crippen molar-refractivity contribution < 1.29 is 31.2 Å². The molecule has 0 bridgehead atoms. The number of amides is 5. The highest BCUT2D eigenvalue weighted by molar-refractivity contribution is 8.04. The van der Waals surface area contributed by atoms with Gasteiger partial charge in [-0.2, -0.15) is 16.8 Å². The van der Waals surface area contributed by atoms with Crippen LogP contribution in [0.4, 0.5) is 15.3 Å². The first kappa shape index (κ1) is 21.9. The normalized spacial score (nSPS) is 15.9. The van der Waals surface area contributed by atoms with Crippen molar-refractivity contribution in [2.24, 2.45) is 0 Å². The van der Waals surface area contributed by atoms with Crippen LogP contribution in [-0.4, -0.2) is 38.5 Å². The predicted octanol–water partition coefficient (Wildman–Crippen LogP) is 1.55. The molecule has 3 N–H and O–H groups in total. The molecule has 11 nitrogen and oxygen atoms in total. The van der Waals surface area contributed by atoms with E-state index in [2.05, 4.69) is 17.9 Å². The molecular formula is C15H11ClN4O7S3. The molecule has 0 radical (unpaired) electrons. The Balaban J connectivity index is 2.08. The molecule has 5 amide bonds. The van der Waals surface area contributed by atoms with E-state index in [1.165, 1.54) is 10.0 Å². The number of hydrogen-bond donors (Lipinski definition) is 4. The molecule has 1 heterocycles. The number of benzene rings is 2. The molecule has 1 fully saturated rings. The van der Waals surface area contributed by atoms with E-state index < -0.39 is 46.8 Å². The molecule has 0 spiro atoms. The summed E-state index contributed by atoms with van der Waals surface area (Å²) >= 11 is 9.99. The first-order valence-corrected chi connectivity index (χ1v) is 11.5. The number of imide groups is 1. The summed E-state index contributed by atoms with van der Waals surface area (Å²) in [5.74, 6) is -0.796. The zero-order valence-corrected chi connectivity index (χ0v) is 17.8. The Hall–Kier alpha value is -2.81. The number of carbonyl (C=O) groups is 3. The summed E-state index contributed by atoms with van der Waals surface area (Å²) in [6.45, 7) is 0. The first-order chi connectivity index (χ1) is 13.9. The van der Waals surface area contributed by atoms with E-state index in [0.717, 1.165) is 12.1 Å². The third-order valence-corrected chi connectivity index (χ3v) is 8.20. The number of rotatable bonds is 4. The fourth-order valence-corrected chi connectivity index (χ4v) is 6.32. The molecule has 0 aliphatic carbocycles. The summed E-state index contributed by atoms with van der Waals surface area (Å²) < 4.78 is 50.7. The predicted molar refractivity (Wildman–Crippen MR) is 108 cm³/mol. The quantitative estimate of drug-likeness (QED) is 0.473. The second kappa shape index (κ2) is 7.79. The number of para-hydroxylation sites is 1. The summed E-state index contributed by atoms with van der Waals surface area (Å²) in [6.07, 6.45) is 0. The summed E-state index contributed by atoms with van der Waals surface area (Å²) in [5.41, 5.74) is 0.0642. The van der Waals surface area contributed by atoms with Crippen molar-refractivity contribution in [3.63, 3.8) is 0 Å². The van der Waals surface area contributed by atoms with Gasteiger partial charge in [0.1, 0.15) is 4.90 Å². The number of nitrogens with zero attached hydrogens (tertiary/aromatic N) is 1. The summed E-state index contributed by atoms with van der Waals surface area (Å²) in [4.78, 5) is 34.6. The summed E-state index contributed by atoms with van der Waals surface area (Å²) in [6, 6.07) is 6.80. The van der Waals surface area contributed by atoms with Gasteiger partial charge < -0.3 is 5.32 Å². The lowest BCUT2D eigenvalue weighted by molar-refractivity contribution is 0.102. The lowest BCUT2D eigenvalue weighted by Crippen LogP contribution is -2.61. The largest absolute Gasteiger partial charge is 0.355 e. The molecule has 158 valence electrons. The van der Waals surface area contributed by atoms with Crippen LogP contribution in [0, 0.1) is 0 Å². The van der Waals surface area contributed by atoms with Crippen LogP contribution < -0.4 is 15.4 Å². The van der Waals surface area contributed by atoms with Gasteiger partial charge in [-0.05, 0) is 24.3 Å². The fraction of sp³-hybridized carbons (Fsp3) is 0. The van der Waals surface area contributed by atoms with Crippen molar-refractivity contribution in [2.75, 3.05) is 5.32 Å². The van der Waals surface area contributed by atoms with Crippen LogP contribution in [0.15, 0.2) is 52.3 Å². The number of carbonyl (C=O) groups excluding carboxylic acids is 3. The Kier molecular flexibility index (Phi) is 5.68. The Labute approximate surface area is 181 Å². The monoisotopic (exact) mass is 490 g/mol. The van der Waals surface area contributed by atoms with E-state index in [0.29, 0.717) is 5.69 Å². The Morgan fingerprint density at radius 3 is 2.37 bits per heavy atom. The van der Waals surface area contributed by atoms with Crippen LogP contribution in [0.2, 0.25) is 5.02 Å². The van der Waals surface area contributed by atoms with E-state index in [1.807, 2.05) is 0 Å². The molecule has 0 atom stereocenters. The Morgan fingerprint density at radius 2 is 1.77 bits per heavy atom.